The Hall–Kier alpha value is -2.88. The number of carbonyl (C=O) groups is 1. The minimum absolute atomic E-state index is 0.309. The number of aromatic nitrogens is 2. The molecule has 1 fully saturated rings. The van der Waals surface area contributed by atoms with E-state index in [4.69, 9.17) is 14.5 Å². The van der Waals surface area contributed by atoms with Crippen LogP contribution in [0.2, 0.25) is 0 Å². The summed E-state index contributed by atoms with van der Waals surface area (Å²) >= 11 is 0. The first-order valence-electron chi connectivity index (χ1n) is 9.10. The van der Waals surface area contributed by atoms with Gasteiger partial charge >= 0.3 is 6.09 Å². The highest BCUT2D eigenvalue weighted by atomic mass is 16.6. The van der Waals surface area contributed by atoms with E-state index in [1.165, 1.54) is 0 Å². The second-order valence-electron chi connectivity index (χ2n) is 7.98. The number of benzene rings is 1. The normalized spacial score (nSPS) is 20.2. The Bertz CT molecular complexity index is 863. The predicted octanol–water partition coefficient (Wildman–Crippen LogP) is 4.32. The Labute approximate surface area is 158 Å². The van der Waals surface area contributed by atoms with E-state index in [-0.39, 0.29) is 12.1 Å². The molecule has 0 N–H and O–H groups in total. The van der Waals surface area contributed by atoms with Crippen LogP contribution in [0, 0.1) is 17.2 Å². The van der Waals surface area contributed by atoms with Crippen LogP contribution >= 0.6 is 0 Å². The van der Waals surface area contributed by atoms with Crippen molar-refractivity contribution in [3.8, 4) is 17.5 Å². The number of hydrogen-bond acceptors (Lipinski definition) is 6. The first-order valence-corrected chi connectivity index (χ1v) is 9.10. The zero-order valence-electron chi connectivity index (χ0n) is 16.1. The smallest absolute Gasteiger partial charge is 0.410 e. The van der Waals surface area contributed by atoms with Crippen LogP contribution in [-0.4, -0.2) is 33.3 Å². The van der Waals surface area contributed by atoms with Gasteiger partial charge in [-0.25, -0.2) is 4.79 Å². The molecule has 1 amide bonds. The van der Waals surface area contributed by atoms with E-state index in [2.05, 4.69) is 23.1 Å². The lowest BCUT2D eigenvalue weighted by atomic mass is 9.94. The number of nitriles is 1. The average molecular weight is 368 g/mol. The summed E-state index contributed by atoms with van der Waals surface area (Å²) in [7, 11) is 0. The van der Waals surface area contributed by atoms with Gasteiger partial charge in [-0.15, -0.1) is 0 Å². The molecule has 142 valence electrons. The Kier molecular flexibility index (Phi) is 5.17. The van der Waals surface area contributed by atoms with Gasteiger partial charge in [0.15, 0.2) is 0 Å². The van der Waals surface area contributed by atoms with Crippen molar-refractivity contribution in [2.24, 2.45) is 5.92 Å². The van der Waals surface area contributed by atoms with Crippen LogP contribution in [0.25, 0.3) is 11.4 Å². The van der Waals surface area contributed by atoms with Crippen LogP contribution in [-0.2, 0) is 4.74 Å². The highest BCUT2D eigenvalue weighted by Crippen LogP contribution is 2.34. The molecule has 0 radical (unpaired) electrons. The molecule has 7 heteroatoms. The molecule has 0 saturated carbocycles. The summed E-state index contributed by atoms with van der Waals surface area (Å²) in [5, 5.41) is 13.1. The number of amides is 1. The van der Waals surface area contributed by atoms with E-state index in [1.54, 1.807) is 23.1 Å². The van der Waals surface area contributed by atoms with Crippen molar-refractivity contribution in [2.75, 3.05) is 6.54 Å². The molecule has 1 aromatic heterocycles. The molecule has 1 saturated heterocycles. The van der Waals surface area contributed by atoms with Gasteiger partial charge < -0.3 is 9.26 Å². The summed E-state index contributed by atoms with van der Waals surface area (Å²) in [5.41, 5.74) is 0.665. The minimum Gasteiger partial charge on any atom is -0.444 e. The van der Waals surface area contributed by atoms with Crippen molar-refractivity contribution in [2.45, 2.75) is 52.2 Å². The van der Waals surface area contributed by atoms with Crippen LogP contribution in [0.3, 0.4) is 0 Å². The molecule has 2 heterocycles. The fourth-order valence-electron chi connectivity index (χ4n) is 3.15. The van der Waals surface area contributed by atoms with Gasteiger partial charge in [0.25, 0.3) is 0 Å². The molecule has 2 aromatic rings. The quantitative estimate of drug-likeness (QED) is 0.784. The molecule has 1 aliphatic heterocycles. The zero-order valence-corrected chi connectivity index (χ0v) is 16.1. The summed E-state index contributed by atoms with van der Waals surface area (Å²) in [6.45, 7) is 8.24. The molecule has 2 atom stereocenters. The third kappa shape index (κ3) is 4.45. The fraction of sp³-hybridized carbons (Fsp3) is 0.500. The maximum absolute atomic E-state index is 12.7. The first-order chi connectivity index (χ1) is 12.8. The van der Waals surface area contributed by atoms with Gasteiger partial charge in [0.05, 0.1) is 11.6 Å². The van der Waals surface area contributed by atoms with Crippen LogP contribution < -0.4 is 0 Å². The molecule has 0 spiro atoms. The molecular formula is C20H24N4O3. The van der Waals surface area contributed by atoms with Crippen molar-refractivity contribution >= 4 is 6.09 Å². The van der Waals surface area contributed by atoms with Gasteiger partial charge in [0.2, 0.25) is 11.7 Å². The molecule has 1 aliphatic rings. The SMILES string of the molecule is CC1CCC(c2nc(-c3cccc(C#N)c3)no2)N(C(=O)OC(C)(C)C)C1. The maximum Gasteiger partial charge on any atom is 0.410 e. The average Bonchev–Trinajstić information content (AvgIpc) is 3.10. The van der Waals surface area contributed by atoms with Gasteiger partial charge in [-0.2, -0.15) is 10.2 Å². The minimum atomic E-state index is -0.569. The second-order valence-corrected chi connectivity index (χ2v) is 7.98. The van der Waals surface area contributed by atoms with Crippen molar-refractivity contribution in [3.63, 3.8) is 0 Å². The monoisotopic (exact) mass is 368 g/mol. The van der Waals surface area contributed by atoms with Crippen LogP contribution in [0.1, 0.15) is 58.0 Å². The van der Waals surface area contributed by atoms with E-state index < -0.39 is 5.60 Å². The molecule has 3 rings (SSSR count). The lowest BCUT2D eigenvalue weighted by Crippen LogP contribution is -2.44. The molecule has 27 heavy (non-hydrogen) atoms. The van der Waals surface area contributed by atoms with E-state index >= 15 is 0 Å². The summed E-state index contributed by atoms with van der Waals surface area (Å²) in [6.07, 6.45) is 1.33. The van der Waals surface area contributed by atoms with Crippen molar-refractivity contribution < 1.29 is 14.1 Å². The van der Waals surface area contributed by atoms with Crippen molar-refractivity contribution in [1.82, 2.24) is 15.0 Å². The molecule has 1 aromatic carbocycles. The highest BCUT2D eigenvalue weighted by molar-refractivity contribution is 5.69. The third-order valence-corrected chi connectivity index (χ3v) is 4.42. The van der Waals surface area contributed by atoms with E-state index in [0.29, 0.717) is 35.3 Å². The summed E-state index contributed by atoms with van der Waals surface area (Å²) in [4.78, 5) is 18.9. The standard InChI is InChI=1S/C20H24N4O3/c1-13-8-9-16(24(12-13)19(25)26-20(2,3)4)18-22-17(23-27-18)15-7-5-6-14(10-15)11-21/h5-7,10,13,16H,8-9,12H2,1-4H3. The number of hydrogen-bond donors (Lipinski definition) is 0. The Morgan fingerprint density at radius 3 is 2.85 bits per heavy atom. The molecule has 0 aliphatic carbocycles. The lowest BCUT2D eigenvalue weighted by molar-refractivity contribution is -0.000971. The zero-order chi connectivity index (χ0) is 19.6. The molecular weight excluding hydrogens is 344 g/mol. The fourth-order valence-corrected chi connectivity index (χ4v) is 3.15. The number of piperidine rings is 1. The maximum atomic E-state index is 12.7. The van der Waals surface area contributed by atoms with E-state index in [0.717, 1.165) is 12.8 Å². The van der Waals surface area contributed by atoms with Crippen LogP contribution in [0.5, 0.6) is 0 Å². The van der Waals surface area contributed by atoms with Gasteiger partial charge in [-0.3, -0.25) is 4.90 Å². The number of ether oxygens (including phenoxy) is 1. The molecule has 2 unspecified atom stereocenters. The summed E-state index contributed by atoms with van der Waals surface area (Å²) in [6, 6.07) is 8.82. The van der Waals surface area contributed by atoms with Crippen LogP contribution in [0.4, 0.5) is 4.79 Å². The molecule has 7 nitrogen and oxygen atoms in total. The van der Waals surface area contributed by atoms with Crippen molar-refractivity contribution in [1.29, 1.82) is 5.26 Å². The first kappa shape index (κ1) is 18.9. The number of carbonyl (C=O) groups excluding carboxylic acids is 1. The summed E-state index contributed by atoms with van der Waals surface area (Å²) < 4.78 is 11.0. The van der Waals surface area contributed by atoms with Gasteiger partial charge in [0.1, 0.15) is 11.6 Å². The predicted molar refractivity (Wildman–Crippen MR) is 98.5 cm³/mol. The van der Waals surface area contributed by atoms with Gasteiger partial charge in [0, 0.05) is 12.1 Å². The number of likely N-dealkylation sites (tertiary alicyclic amines) is 1. The lowest BCUT2D eigenvalue weighted by Gasteiger charge is -2.37. The van der Waals surface area contributed by atoms with E-state index in [9.17, 15) is 4.79 Å². The topological polar surface area (TPSA) is 92.3 Å². The molecule has 0 bridgehead atoms. The second kappa shape index (κ2) is 7.39. The largest absolute Gasteiger partial charge is 0.444 e. The Morgan fingerprint density at radius 2 is 2.15 bits per heavy atom. The number of rotatable bonds is 2. The van der Waals surface area contributed by atoms with E-state index in [1.807, 2.05) is 26.8 Å². The Morgan fingerprint density at radius 1 is 1.37 bits per heavy atom. The van der Waals surface area contributed by atoms with Gasteiger partial charge in [-0.05, 0) is 51.7 Å². The number of nitrogens with zero attached hydrogens (tertiary/aromatic N) is 4. The van der Waals surface area contributed by atoms with Gasteiger partial charge in [-0.1, -0.05) is 24.2 Å². The summed E-state index contributed by atoms with van der Waals surface area (Å²) in [5.74, 6) is 1.18. The third-order valence-electron chi connectivity index (χ3n) is 4.42. The van der Waals surface area contributed by atoms with Crippen molar-refractivity contribution in [3.05, 3.63) is 35.7 Å². The highest BCUT2D eigenvalue weighted by Gasteiger charge is 2.37. The Balaban J connectivity index is 1.86. The van der Waals surface area contributed by atoms with Crippen LogP contribution in [0.15, 0.2) is 28.8 Å².